The van der Waals surface area contributed by atoms with Gasteiger partial charge in [0.15, 0.2) is 0 Å². The summed E-state index contributed by atoms with van der Waals surface area (Å²) < 4.78 is 7.86. The number of halogens is 2. The first kappa shape index (κ1) is 16.6. The summed E-state index contributed by atoms with van der Waals surface area (Å²) in [5.74, 6) is 0. The molecular weight excluding hydrogens is 378 g/mol. The van der Waals surface area contributed by atoms with E-state index in [1.165, 1.54) is 13.1 Å². The highest BCUT2D eigenvalue weighted by Gasteiger charge is 2.22. The first-order valence-corrected chi connectivity index (χ1v) is 8.53. The van der Waals surface area contributed by atoms with Crippen molar-refractivity contribution in [1.82, 2.24) is 5.32 Å². The summed E-state index contributed by atoms with van der Waals surface area (Å²) in [6.07, 6.45) is 2.09. The third-order valence-corrected chi connectivity index (χ3v) is 5.48. The van der Waals surface area contributed by atoms with E-state index >= 15 is 0 Å². The molecule has 0 saturated carbocycles. The Morgan fingerprint density at radius 2 is 2.11 bits per heavy atom. The summed E-state index contributed by atoms with van der Waals surface area (Å²) >= 11 is 8.91. The van der Waals surface area contributed by atoms with Gasteiger partial charge in [-0.3, -0.25) is 0 Å². The van der Waals surface area contributed by atoms with Gasteiger partial charge >= 0.3 is 0 Å². The number of nitrogens with one attached hydrogen (secondary N) is 1. The van der Waals surface area contributed by atoms with Gasteiger partial charge < -0.3 is 10.1 Å². The molecule has 2 nitrogen and oxygen atoms in total. The average molecular weight is 399 g/mol. The molecule has 0 radical (unpaired) electrons. The maximum Gasteiger partial charge on any atom is 0.0758 e. The molecule has 1 rings (SSSR count). The van der Waals surface area contributed by atoms with E-state index in [2.05, 4.69) is 64.0 Å². The zero-order valence-corrected chi connectivity index (χ0v) is 15.3. The molecule has 0 saturated heterocycles. The zero-order valence-electron chi connectivity index (χ0n) is 11.3. The highest BCUT2D eigenvalue weighted by atomic mass is 79.9. The van der Waals surface area contributed by atoms with Crippen molar-refractivity contribution in [2.75, 3.05) is 13.7 Å². The van der Waals surface area contributed by atoms with Crippen LogP contribution in [0.2, 0.25) is 0 Å². The van der Waals surface area contributed by atoms with Crippen LogP contribution in [0.5, 0.6) is 0 Å². The van der Waals surface area contributed by atoms with Crippen molar-refractivity contribution in [3.05, 3.63) is 19.2 Å². The van der Waals surface area contributed by atoms with Crippen LogP contribution in [-0.4, -0.2) is 19.3 Å². The van der Waals surface area contributed by atoms with Crippen LogP contribution in [0.3, 0.4) is 0 Å². The fourth-order valence-corrected chi connectivity index (χ4v) is 4.77. The van der Waals surface area contributed by atoms with E-state index in [9.17, 15) is 0 Å². The number of hydrogen-bond acceptors (Lipinski definition) is 3. The summed E-state index contributed by atoms with van der Waals surface area (Å²) in [5.41, 5.74) is 1.27. The SMILES string of the molecule is CCNC(CCC(C)(C)OC)c1cc(Br)sc1Br. The minimum atomic E-state index is -0.0621. The van der Waals surface area contributed by atoms with Crippen molar-refractivity contribution in [3.8, 4) is 0 Å². The van der Waals surface area contributed by atoms with Gasteiger partial charge in [0.05, 0.1) is 13.2 Å². The van der Waals surface area contributed by atoms with E-state index in [0.717, 1.165) is 19.4 Å². The van der Waals surface area contributed by atoms with Crippen molar-refractivity contribution >= 4 is 43.2 Å². The number of rotatable bonds is 7. The molecule has 0 bridgehead atoms. The van der Waals surface area contributed by atoms with Crippen LogP contribution in [-0.2, 0) is 4.74 Å². The maximum atomic E-state index is 5.49. The smallest absolute Gasteiger partial charge is 0.0758 e. The van der Waals surface area contributed by atoms with Crippen molar-refractivity contribution in [3.63, 3.8) is 0 Å². The van der Waals surface area contributed by atoms with Crippen LogP contribution < -0.4 is 5.32 Å². The molecule has 1 heterocycles. The Labute approximate surface area is 131 Å². The van der Waals surface area contributed by atoms with Crippen LogP contribution in [0.15, 0.2) is 13.6 Å². The number of ether oxygens (including phenoxy) is 1. The largest absolute Gasteiger partial charge is 0.379 e. The second-order valence-electron chi connectivity index (χ2n) is 4.89. The Hall–Kier alpha value is 0.580. The third kappa shape index (κ3) is 4.93. The first-order chi connectivity index (χ1) is 8.39. The number of methoxy groups -OCH3 is 1. The Balaban J connectivity index is 2.74. The molecule has 104 valence electrons. The first-order valence-electron chi connectivity index (χ1n) is 6.13. The summed E-state index contributed by atoms with van der Waals surface area (Å²) in [6, 6.07) is 2.57. The molecule has 1 N–H and O–H groups in total. The lowest BCUT2D eigenvalue weighted by Crippen LogP contribution is -2.27. The van der Waals surface area contributed by atoms with Gasteiger partial charge in [0.1, 0.15) is 0 Å². The lowest BCUT2D eigenvalue weighted by Gasteiger charge is -2.26. The van der Waals surface area contributed by atoms with Crippen molar-refractivity contribution in [2.24, 2.45) is 0 Å². The normalized spacial score (nSPS) is 13.9. The summed E-state index contributed by atoms with van der Waals surface area (Å²) in [5, 5.41) is 3.55. The molecule has 1 aromatic rings. The van der Waals surface area contributed by atoms with Gasteiger partial charge in [-0.2, -0.15) is 0 Å². The predicted octanol–water partition coefficient (Wildman–Crippen LogP) is 5.13. The standard InChI is InChI=1S/C13H21Br2NOS/c1-5-16-10(6-7-13(2,3)17-4)9-8-11(14)18-12(9)15/h8,10,16H,5-7H2,1-4H3. The lowest BCUT2D eigenvalue weighted by atomic mass is 9.96. The van der Waals surface area contributed by atoms with E-state index in [1.807, 2.05) is 0 Å². The molecule has 0 aliphatic rings. The molecule has 1 aromatic heterocycles. The molecule has 18 heavy (non-hydrogen) atoms. The van der Waals surface area contributed by atoms with E-state index < -0.39 is 0 Å². The molecule has 5 heteroatoms. The van der Waals surface area contributed by atoms with Crippen LogP contribution in [0, 0.1) is 0 Å². The van der Waals surface area contributed by atoms with Gasteiger partial charge in [0.25, 0.3) is 0 Å². The van der Waals surface area contributed by atoms with Gasteiger partial charge in [-0.05, 0) is 76.7 Å². The molecule has 0 spiro atoms. The fourth-order valence-electron chi connectivity index (χ4n) is 1.80. The molecule has 0 aliphatic heterocycles. The minimum absolute atomic E-state index is 0.0621. The van der Waals surface area contributed by atoms with Crippen LogP contribution in [0.1, 0.15) is 45.2 Å². The Morgan fingerprint density at radius 1 is 1.44 bits per heavy atom. The second kappa shape index (κ2) is 7.39. The Morgan fingerprint density at radius 3 is 2.56 bits per heavy atom. The molecule has 0 amide bonds. The summed E-state index contributed by atoms with van der Waals surface area (Å²) in [4.78, 5) is 0. The van der Waals surface area contributed by atoms with Crippen LogP contribution in [0.25, 0.3) is 0 Å². The molecule has 1 atom stereocenters. The number of thiophene rings is 1. The second-order valence-corrected chi connectivity index (χ2v) is 8.64. The van der Waals surface area contributed by atoms with Crippen LogP contribution >= 0.6 is 43.2 Å². The quantitative estimate of drug-likeness (QED) is 0.687. The van der Waals surface area contributed by atoms with Gasteiger partial charge in [-0.25, -0.2) is 0 Å². The van der Waals surface area contributed by atoms with E-state index in [1.54, 1.807) is 18.4 Å². The monoisotopic (exact) mass is 397 g/mol. The highest BCUT2D eigenvalue weighted by molar-refractivity contribution is 9.12. The van der Waals surface area contributed by atoms with Gasteiger partial charge in [-0.15, -0.1) is 11.3 Å². The molecule has 0 aliphatic carbocycles. The molecule has 0 aromatic carbocycles. The molecular formula is C13H21Br2NOS. The van der Waals surface area contributed by atoms with Crippen molar-refractivity contribution in [1.29, 1.82) is 0 Å². The van der Waals surface area contributed by atoms with E-state index in [-0.39, 0.29) is 5.60 Å². The molecule has 0 fully saturated rings. The Kier molecular flexibility index (Phi) is 6.83. The summed E-state index contributed by atoms with van der Waals surface area (Å²) in [7, 11) is 1.78. The molecule has 1 unspecified atom stereocenters. The number of hydrogen-bond donors (Lipinski definition) is 1. The minimum Gasteiger partial charge on any atom is -0.379 e. The van der Waals surface area contributed by atoms with E-state index in [0.29, 0.717) is 6.04 Å². The fraction of sp³-hybridized carbons (Fsp3) is 0.692. The van der Waals surface area contributed by atoms with Gasteiger partial charge in [0, 0.05) is 13.2 Å². The van der Waals surface area contributed by atoms with Gasteiger partial charge in [0.2, 0.25) is 0 Å². The lowest BCUT2D eigenvalue weighted by molar-refractivity contribution is 0.0117. The van der Waals surface area contributed by atoms with Crippen molar-refractivity contribution < 1.29 is 4.74 Å². The maximum absolute atomic E-state index is 5.49. The summed E-state index contributed by atoms with van der Waals surface area (Å²) in [6.45, 7) is 7.38. The van der Waals surface area contributed by atoms with Crippen molar-refractivity contribution in [2.45, 2.75) is 45.3 Å². The van der Waals surface area contributed by atoms with Gasteiger partial charge in [-0.1, -0.05) is 6.92 Å². The van der Waals surface area contributed by atoms with E-state index in [4.69, 9.17) is 4.74 Å². The Bertz CT molecular complexity index is 379. The third-order valence-electron chi connectivity index (χ3n) is 3.10. The topological polar surface area (TPSA) is 21.3 Å². The average Bonchev–Trinajstić information content (AvgIpc) is 2.64. The highest BCUT2D eigenvalue weighted by Crippen LogP contribution is 2.37. The predicted molar refractivity (Wildman–Crippen MR) is 86.5 cm³/mol. The zero-order chi connectivity index (χ0) is 13.8. The van der Waals surface area contributed by atoms with Crippen LogP contribution in [0.4, 0.5) is 0 Å².